The maximum atomic E-state index is 12.9. The zero-order valence-electron chi connectivity index (χ0n) is 7.31. The molecule has 0 unspecified atom stereocenters. The van der Waals surface area contributed by atoms with Crippen LogP contribution in [-0.4, -0.2) is 23.4 Å². The summed E-state index contributed by atoms with van der Waals surface area (Å²) in [5, 5.41) is 0. The van der Waals surface area contributed by atoms with Crippen LogP contribution in [0.1, 0.15) is 26.7 Å². The standard InChI is InChI=1S/C8H13F2NO/c1-6(2)7(12)11-5-3-4-8(11,9)10/h6H,3-5H2,1-2H3. The third kappa shape index (κ3) is 1.57. The Morgan fingerprint density at radius 3 is 2.42 bits per heavy atom. The number of halogens is 2. The van der Waals surface area contributed by atoms with Crippen LogP contribution in [0.2, 0.25) is 0 Å². The first-order valence-electron chi connectivity index (χ1n) is 4.14. The number of nitrogens with zero attached hydrogens (tertiary/aromatic N) is 1. The van der Waals surface area contributed by atoms with Crippen molar-refractivity contribution >= 4 is 5.91 Å². The summed E-state index contributed by atoms with van der Waals surface area (Å²) < 4.78 is 25.8. The highest BCUT2D eigenvalue weighted by Crippen LogP contribution is 2.32. The fraction of sp³-hybridized carbons (Fsp3) is 0.875. The van der Waals surface area contributed by atoms with Gasteiger partial charge in [0.15, 0.2) is 0 Å². The fourth-order valence-corrected chi connectivity index (χ4v) is 1.33. The largest absolute Gasteiger partial charge is 0.327 e. The zero-order chi connectivity index (χ0) is 9.35. The van der Waals surface area contributed by atoms with Crippen molar-refractivity contribution in [2.24, 2.45) is 5.92 Å². The van der Waals surface area contributed by atoms with E-state index in [2.05, 4.69) is 0 Å². The van der Waals surface area contributed by atoms with Crippen molar-refractivity contribution in [2.45, 2.75) is 32.7 Å². The second kappa shape index (κ2) is 2.99. The summed E-state index contributed by atoms with van der Waals surface area (Å²) in [5.41, 5.74) is 0. The van der Waals surface area contributed by atoms with Crippen LogP contribution in [0.3, 0.4) is 0 Å². The Morgan fingerprint density at radius 1 is 1.50 bits per heavy atom. The summed E-state index contributed by atoms with van der Waals surface area (Å²) in [6.07, 6.45) is 0.219. The predicted octanol–water partition coefficient (Wildman–Crippen LogP) is 1.86. The van der Waals surface area contributed by atoms with E-state index in [0.717, 1.165) is 0 Å². The predicted molar refractivity (Wildman–Crippen MR) is 40.7 cm³/mol. The number of likely N-dealkylation sites (tertiary alicyclic amines) is 1. The van der Waals surface area contributed by atoms with Crippen molar-refractivity contribution in [3.8, 4) is 0 Å². The molecule has 1 fully saturated rings. The van der Waals surface area contributed by atoms with Crippen LogP contribution in [0.15, 0.2) is 0 Å². The van der Waals surface area contributed by atoms with Gasteiger partial charge in [0.2, 0.25) is 5.91 Å². The lowest BCUT2D eigenvalue weighted by molar-refractivity contribution is -0.165. The summed E-state index contributed by atoms with van der Waals surface area (Å²) >= 11 is 0. The summed E-state index contributed by atoms with van der Waals surface area (Å²) in [6.45, 7) is 3.47. The van der Waals surface area contributed by atoms with E-state index >= 15 is 0 Å². The van der Waals surface area contributed by atoms with E-state index in [1.54, 1.807) is 13.8 Å². The molecule has 0 aromatic rings. The van der Waals surface area contributed by atoms with Crippen LogP contribution in [0.25, 0.3) is 0 Å². The molecule has 0 N–H and O–H groups in total. The molecule has 0 aromatic heterocycles. The number of alkyl halides is 2. The first kappa shape index (κ1) is 9.42. The molecule has 70 valence electrons. The van der Waals surface area contributed by atoms with Crippen molar-refractivity contribution in [3.63, 3.8) is 0 Å². The summed E-state index contributed by atoms with van der Waals surface area (Å²) in [4.78, 5) is 11.9. The number of hydrogen-bond acceptors (Lipinski definition) is 1. The molecule has 0 spiro atoms. The van der Waals surface area contributed by atoms with Crippen LogP contribution in [0.5, 0.6) is 0 Å². The Hall–Kier alpha value is -0.670. The molecule has 12 heavy (non-hydrogen) atoms. The summed E-state index contributed by atoms with van der Waals surface area (Å²) in [7, 11) is 0. The minimum absolute atomic E-state index is 0.189. The molecule has 0 aromatic carbocycles. The van der Waals surface area contributed by atoms with Crippen LogP contribution >= 0.6 is 0 Å². The van der Waals surface area contributed by atoms with E-state index in [0.29, 0.717) is 11.3 Å². The zero-order valence-corrected chi connectivity index (χ0v) is 7.31. The van der Waals surface area contributed by atoms with Gasteiger partial charge in [-0.15, -0.1) is 0 Å². The SMILES string of the molecule is CC(C)C(=O)N1CCCC1(F)F. The second-order valence-electron chi connectivity index (χ2n) is 3.41. The highest BCUT2D eigenvalue weighted by molar-refractivity contribution is 5.78. The Kier molecular flexibility index (Phi) is 2.35. The van der Waals surface area contributed by atoms with Crippen molar-refractivity contribution < 1.29 is 13.6 Å². The molecule has 1 heterocycles. The summed E-state index contributed by atoms with van der Waals surface area (Å²) in [6, 6.07) is -2.90. The Bertz CT molecular complexity index is 191. The molecular weight excluding hydrogens is 164 g/mol. The van der Waals surface area contributed by atoms with Gasteiger partial charge in [-0.05, 0) is 6.42 Å². The van der Waals surface area contributed by atoms with Gasteiger partial charge in [0.1, 0.15) is 0 Å². The number of carbonyl (C=O) groups excluding carboxylic acids is 1. The Labute approximate surface area is 70.5 Å². The van der Waals surface area contributed by atoms with Gasteiger partial charge in [0.05, 0.1) is 0 Å². The van der Waals surface area contributed by atoms with E-state index in [4.69, 9.17) is 0 Å². The normalized spacial score (nSPS) is 21.9. The number of carbonyl (C=O) groups is 1. The van der Waals surface area contributed by atoms with Crippen molar-refractivity contribution in [3.05, 3.63) is 0 Å². The smallest absolute Gasteiger partial charge is 0.283 e. The highest BCUT2D eigenvalue weighted by Gasteiger charge is 2.44. The van der Waals surface area contributed by atoms with Crippen molar-refractivity contribution in [1.82, 2.24) is 4.90 Å². The molecule has 1 saturated heterocycles. The topological polar surface area (TPSA) is 20.3 Å². The molecule has 1 aliphatic rings. The van der Waals surface area contributed by atoms with Gasteiger partial charge in [0.25, 0.3) is 0 Å². The van der Waals surface area contributed by atoms with Crippen LogP contribution in [-0.2, 0) is 4.79 Å². The molecular formula is C8H13F2NO. The van der Waals surface area contributed by atoms with Gasteiger partial charge in [0, 0.05) is 18.9 Å². The van der Waals surface area contributed by atoms with Gasteiger partial charge in [-0.3, -0.25) is 9.69 Å². The van der Waals surface area contributed by atoms with Gasteiger partial charge in [-0.2, -0.15) is 8.78 Å². The molecule has 4 heteroatoms. The number of rotatable bonds is 1. The Balaban J connectivity index is 2.69. The number of amides is 1. The quantitative estimate of drug-likeness (QED) is 0.560. The molecule has 0 bridgehead atoms. The lowest BCUT2D eigenvalue weighted by Gasteiger charge is -2.25. The van der Waals surface area contributed by atoms with Crippen LogP contribution < -0.4 is 0 Å². The number of hydrogen-bond donors (Lipinski definition) is 0. The lowest BCUT2D eigenvalue weighted by atomic mass is 10.2. The first-order chi connectivity index (χ1) is 5.45. The second-order valence-corrected chi connectivity index (χ2v) is 3.41. The molecule has 0 aliphatic carbocycles. The Morgan fingerprint density at radius 2 is 2.08 bits per heavy atom. The highest BCUT2D eigenvalue weighted by atomic mass is 19.3. The third-order valence-electron chi connectivity index (χ3n) is 2.01. The van der Waals surface area contributed by atoms with Gasteiger partial charge >= 0.3 is 6.05 Å². The molecule has 2 nitrogen and oxygen atoms in total. The first-order valence-corrected chi connectivity index (χ1v) is 4.14. The summed E-state index contributed by atoms with van der Waals surface area (Å²) in [5.74, 6) is -0.786. The van der Waals surface area contributed by atoms with E-state index in [1.165, 1.54) is 0 Å². The minimum Gasteiger partial charge on any atom is -0.283 e. The van der Waals surface area contributed by atoms with E-state index in [-0.39, 0.29) is 18.9 Å². The minimum atomic E-state index is -2.90. The lowest BCUT2D eigenvalue weighted by Crippen LogP contribution is -2.42. The van der Waals surface area contributed by atoms with Crippen molar-refractivity contribution in [1.29, 1.82) is 0 Å². The fourth-order valence-electron chi connectivity index (χ4n) is 1.33. The molecule has 1 aliphatic heterocycles. The van der Waals surface area contributed by atoms with Gasteiger partial charge in [-0.1, -0.05) is 13.8 Å². The van der Waals surface area contributed by atoms with E-state index < -0.39 is 12.0 Å². The van der Waals surface area contributed by atoms with Crippen molar-refractivity contribution in [2.75, 3.05) is 6.54 Å². The van der Waals surface area contributed by atoms with Crippen LogP contribution in [0.4, 0.5) is 8.78 Å². The maximum Gasteiger partial charge on any atom is 0.327 e. The van der Waals surface area contributed by atoms with E-state index in [9.17, 15) is 13.6 Å². The van der Waals surface area contributed by atoms with E-state index in [1.807, 2.05) is 0 Å². The van der Waals surface area contributed by atoms with Gasteiger partial charge in [-0.25, -0.2) is 0 Å². The molecule has 0 saturated carbocycles. The average Bonchev–Trinajstić information content (AvgIpc) is 2.27. The molecule has 1 rings (SSSR count). The van der Waals surface area contributed by atoms with Gasteiger partial charge < -0.3 is 0 Å². The molecule has 0 radical (unpaired) electrons. The molecule has 0 atom stereocenters. The molecule has 1 amide bonds. The third-order valence-corrected chi connectivity index (χ3v) is 2.01. The average molecular weight is 177 g/mol. The van der Waals surface area contributed by atoms with Crippen LogP contribution in [0, 0.1) is 5.92 Å². The maximum absolute atomic E-state index is 12.9. The monoisotopic (exact) mass is 177 g/mol.